The van der Waals surface area contributed by atoms with Crippen molar-refractivity contribution in [1.29, 1.82) is 0 Å². The number of hydrogen-bond acceptors (Lipinski definition) is 2. The maximum atomic E-state index is 11.2. The van der Waals surface area contributed by atoms with Crippen LogP contribution < -0.4 is 5.32 Å². The summed E-state index contributed by atoms with van der Waals surface area (Å²) in [6, 6.07) is 6.04. The molecule has 0 spiro atoms. The first kappa shape index (κ1) is 9.90. The molecule has 1 N–H and O–H groups in total. The molecule has 1 unspecified atom stereocenters. The van der Waals surface area contributed by atoms with Crippen LogP contribution in [0.15, 0.2) is 33.4 Å². The lowest BCUT2D eigenvalue weighted by Gasteiger charge is -2.03. The molecule has 3 nitrogen and oxygen atoms in total. The highest BCUT2D eigenvalue weighted by molar-refractivity contribution is 9.10. The number of rotatable bonds is 1. The molecule has 0 radical (unpaired) electrons. The molecule has 0 bridgehead atoms. The van der Waals surface area contributed by atoms with Crippen molar-refractivity contribution in [3.63, 3.8) is 0 Å². The quantitative estimate of drug-likeness (QED) is 0.872. The van der Waals surface area contributed by atoms with Gasteiger partial charge >= 0.3 is 0 Å². The number of carbonyl (C=O) groups excluding carboxylic acids is 1. The highest BCUT2D eigenvalue weighted by atomic mass is 79.9. The van der Waals surface area contributed by atoms with E-state index in [-0.39, 0.29) is 11.8 Å². The lowest BCUT2D eigenvalue weighted by Crippen LogP contribution is -2.13. The van der Waals surface area contributed by atoms with Crippen molar-refractivity contribution in [3.8, 4) is 0 Å². The molecule has 0 aliphatic carbocycles. The average molecular weight is 280 g/mol. The number of nitrogens with one attached hydrogen (secondary N) is 1. The molecule has 2 heterocycles. The van der Waals surface area contributed by atoms with E-state index in [1.807, 2.05) is 18.2 Å². The first-order valence-electron chi connectivity index (χ1n) is 5.17. The van der Waals surface area contributed by atoms with Gasteiger partial charge in [0, 0.05) is 34.1 Å². The van der Waals surface area contributed by atoms with Gasteiger partial charge in [-0.1, -0.05) is 15.9 Å². The normalized spacial score (nSPS) is 20.3. The van der Waals surface area contributed by atoms with Crippen LogP contribution in [0.3, 0.4) is 0 Å². The zero-order chi connectivity index (χ0) is 11.1. The highest BCUT2D eigenvalue weighted by Gasteiger charge is 2.27. The number of carbonyl (C=O) groups is 1. The number of benzene rings is 1. The van der Waals surface area contributed by atoms with Gasteiger partial charge in [-0.2, -0.15) is 0 Å². The predicted octanol–water partition coefficient (Wildman–Crippen LogP) is 2.80. The van der Waals surface area contributed by atoms with Crippen LogP contribution in [0, 0.1) is 0 Å². The van der Waals surface area contributed by atoms with Crippen molar-refractivity contribution in [2.24, 2.45) is 0 Å². The second-order valence-electron chi connectivity index (χ2n) is 4.04. The van der Waals surface area contributed by atoms with Crippen molar-refractivity contribution in [1.82, 2.24) is 5.32 Å². The standard InChI is InChI=1S/C12H10BrNO2/c13-9-1-2-10-8(3-9)6-16-12(10)7-4-11(15)14-5-7/h1-3,6-7H,4-5H2,(H,14,15). The first-order chi connectivity index (χ1) is 7.74. The van der Waals surface area contributed by atoms with Gasteiger partial charge in [-0.15, -0.1) is 0 Å². The summed E-state index contributed by atoms with van der Waals surface area (Å²) in [7, 11) is 0. The van der Waals surface area contributed by atoms with Gasteiger partial charge in [-0.25, -0.2) is 0 Å². The Labute approximate surface area is 101 Å². The fourth-order valence-electron chi connectivity index (χ4n) is 2.15. The Morgan fingerprint density at radius 3 is 3.06 bits per heavy atom. The van der Waals surface area contributed by atoms with Gasteiger partial charge in [0.25, 0.3) is 0 Å². The second-order valence-corrected chi connectivity index (χ2v) is 4.95. The van der Waals surface area contributed by atoms with Crippen LogP contribution in [0.2, 0.25) is 0 Å². The predicted molar refractivity (Wildman–Crippen MR) is 64.3 cm³/mol. The van der Waals surface area contributed by atoms with E-state index in [0.717, 1.165) is 21.0 Å². The third-order valence-electron chi connectivity index (χ3n) is 2.94. The molecular weight excluding hydrogens is 270 g/mol. The zero-order valence-electron chi connectivity index (χ0n) is 8.50. The minimum Gasteiger partial charge on any atom is -0.468 e. The van der Waals surface area contributed by atoms with Crippen LogP contribution in [-0.4, -0.2) is 12.5 Å². The molecule has 1 aromatic heterocycles. The summed E-state index contributed by atoms with van der Waals surface area (Å²) in [5.41, 5.74) is 0. The molecule has 1 aliphatic rings. The topological polar surface area (TPSA) is 42.2 Å². The molecule has 2 aromatic rings. The number of amides is 1. The molecule has 0 saturated carbocycles. The minimum absolute atomic E-state index is 0.103. The summed E-state index contributed by atoms with van der Waals surface area (Å²) >= 11 is 3.43. The van der Waals surface area contributed by atoms with Crippen molar-refractivity contribution < 1.29 is 9.21 Å². The van der Waals surface area contributed by atoms with Gasteiger partial charge in [-0.05, 0) is 18.2 Å². The van der Waals surface area contributed by atoms with E-state index in [1.165, 1.54) is 0 Å². The van der Waals surface area contributed by atoms with E-state index in [2.05, 4.69) is 21.2 Å². The molecular formula is C12H10BrNO2. The van der Waals surface area contributed by atoms with E-state index in [0.29, 0.717) is 13.0 Å². The fraction of sp³-hybridized carbons (Fsp3) is 0.250. The monoisotopic (exact) mass is 279 g/mol. The summed E-state index contributed by atoms with van der Waals surface area (Å²) in [4.78, 5) is 11.2. The molecule has 1 atom stereocenters. The van der Waals surface area contributed by atoms with Crippen molar-refractivity contribution in [3.05, 3.63) is 34.7 Å². The molecule has 4 heteroatoms. The lowest BCUT2D eigenvalue weighted by molar-refractivity contribution is -0.119. The molecule has 16 heavy (non-hydrogen) atoms. The van der Waals surface area contributed by atoms with Gasteiger partial charge < -0.3 is 9.73 Å². The summed E-state index contributed by atoms with van der Waals surface area (Å²) < 4.78 is 6.62. The van der Waals surface area contributed by atoms with Crippen molar-refractivity contribution in [2.75, 3.05) is 6.54 Å². The maximum absolute atomic E-state index is 11.2. The van der Waals surface area contributed by atoms with Gasteiger partial charge in [0.1, 0.15) is 5.76 Å². The number of halogens is 1. The van der Waals surface area contributed by atoms with Crippen molar-refractivity contribution >= 4 is 32.6 Å². The van der Waals surface area contributed by atoms with Crippen LogP contribution in [0.1, 0.15) is 18.1 Å². The van der Waals surface area contributed by atoms with Crippen LogP contribution in [0.4, 0.5) is 0 Å². The summed E-state index contributed by atoms with van der Waals surface area (Å²) in [5, 5.41) is 5.00. The lowest BCUT2D eigenvalue weighted by atomic mass is 10.0. The van der Waals surface area contributed by atoms with Crippen LogP contribution in [0.25, 0.3) is 10.8 Å². The van der Waals surface area contributed by atoms with E-state index < -0.39 is 0 Å². The van der Waals surface area contributed by atoms with E-state index >= 15 is 0 Å². The van der Waals surface area contributed by atoms with E-state index in [9.17, 15) is 4.79 Å². The number of furan rings is 1. The third-order valence-corrected chi connectivity index (χ3v) is 3.43. The van der Waals surface area contributed by atoms with Crippen LogP contribution >= 0.6 is 15.9 Å². The molecule has 1 aromatic carbocycles. The molecule has 1 amide bonds. The van der Waals surface area contributed by atoms with Crippen molar-refractivity contribution in [2.45, 2.75) is 12.3 Å². The molecule has 1 aliphatic heterocycles. The summed E-state index contributed by atoms with van der Waals surface area (Å²) in [5.74, 6) is 1.19. The first-order valence-corrected chi connectivity index (χ1v) is 5.96. The van der Waals surface area contributed by atoms with Gasteiger partial charge in [0.05, 0.1) is 6.26 Å². The third kappa shape index (κ3) is 1.53. The Morgan fingerprint density at radius 2 is 2.31 bits per heavy atom. The SMILES string of the molecule is O=C1CC(c2occ3cc(Br)ccc23)CN1. The Morgan fingerprint density at radius 1 is 1.44 bits per heavy atom. The Balaban J connectivity index is 2.07. The van der Waals surface area contributed by atoms with Crippen LogP contribution in [-0.2, 0) is 4.79 Å². The van der Waals surface area contributed by atoms with E-state index in [4.69, 9.17) is 4.42 Å². The Hall–Kier alpha value is -1.29. The molecule has 82 valence electrons. The number of fused-ring (bicyclic) bond motifs is 1. The maximum Gasteiger partial charge on any atom is 0.220 e. The fourth-order valence-corrected chi connectivity index (χ4v) is 2.53. The highest BCUT2D eigenvalue weighted by Crippen LogP contribution is 2.32. The van der Waals surface area contributed by atoms with Crippen LogP contribution in [0.5, 0.6) is 0 Å². The summed E-state index contributed by atoms with van der Waals surface area (Å²) in [6.45, 7) is 0.678. The Bertz CT molecular complexity index is 561. The van der Waals surface area contributed by atoms with Gasteiger partial charge in [0.2, 0.25) is 5.91 Å². The second kappa shape index (κ2) is 3.63. The number of hydrogen-bond donors (Lipinski definition) is 1. The smallest absolute Gasteiger partial charge is 0.220 e. The largest absolute Gasteiger partial charge is 0.468 e. The molecule has 1 saturated heterocycles. The molecule has 1 fully saturated rings. The van der Waals surface area contributed by atoms with Gasteiger partial charge in [0.15, 0.2) is 0 Å². The Kier molecular flexibility index (Phi) is 2.24. The molecule has 3 rings (SSSR count). The van der Waals surface area contributed by atoms with Gasteiger partial charge in [-0.3, -0.25) is 4.79 Å². The zero-order valence-corrected chi connectivity index (χ0v) is 10.1. The average Bonchev–Trinajstić information content (AvgIpc) is 2.83. The summed E-state index contributed by atoms with van der Waals surface area (Å²) in [6.07, 6.45) is 2.27. The minimum atomic E-state index is 0.103. The van der Waals surface area contributed by atoms with E-state index in [1.54, 1.807) is 6.26 Å².